The highest BCUT2D eigenvalue weighted by Gasteiger charge is 2.36. The van der Waals surface area contributed by atoms with Crippen LogP contribution in [-0.2, 0) is 9.59 Å². The van der Waals surface area contributed by atoms with Gasteiger partial charge in [0.15, 0.2) is 0 Å². The minimum atomic E-state index is -0.449. The van der Waals surface area contributed by atoms with Crippen molar-refractivity contribution in [2.24, 2.45) is 5.92 Å². The fraction of sp³-hybridized carbons (Fsp3) is 0.300. The van der Waals surface area contributed by atoms with Gasteiger partial charge >= 0.3 is 0 Å². The summed E-state index contributed by atoms with van der Waals surface area (Å²) in [6, 6.07) is 12.3. The van der Waals surface area contributed by atoms with Gasteiger partial charge in [-0.2, -0.15) is 0 Å². The summed E-state index contributed by atoms with van der Waals surface area (Å²) in [7, 11) is 4.66. The van der Waals surface area contributed by atoms with E-state index < -0.39 is 5.92 Å². The fourth-order valence-electron chi connectivity index (χ4n) is 3.07. The smallest absolute Gasteiger partial charge is 0.229 e. The number of nitrogens with one attached hydrogen (secondary N) is 1. The predicted molar refractivity (Wildman–Crippen MR) is 102 cm³/mol. The molecule has 1 N–H and O–H groups in total. The molecule has 1 aliphatic heterocycles. The van der Waals surface area contributed by atoms with Gasteiger partial charge in [-0.15, -0.1) is 0 Å². The first-order valence-electron chi connectivity index (χ1n) is 8.53. The number of anilines is 2. The number of amides is 2. The molecule has 1 aliphatic rings. The van der Waals surface area contributed by atoms with E-state index in [4.69, 9.17) is 14.2 Å². The zero-order valence-corrected chi connectivity index (χ0v) is 15.5. The van der Waals surface area contributed by atoms with Crippen LogP contribution in [0.1, 0.15) is 6.42 Å². The number of carbonyl (C=O) groups is 2. The highest BCUT2D eigenvalue weighted by Crippen LogP contribution is 2.36. The van der Waals surface area contributed by atoms with Crippen LogP contribution in [0, 0.1) is 5.92 Å². The van der Waals surface area contributed by atoms with Gasteiger partial charge in [0, 0.05) is 30.8 Å². The number of rotatable bonds is 6. The van der Waals surface area contributed by atoms with Gasteiger partial charge < -0.3 is 24.4 Å². The summed E-state index contributed by atoms with van der Waals surface area (Å²) < 4.78 is 15.7. The number of benzene rings is 2. The van der Waals surface area contributed by atoms with E-state index in [0.717, 1.165) is 0 Å². The SMILES string of the molecule is COc1cccc(NC(=O)[C@@H]2CC(=O)N(c3ccc(OC)cc3OC)C2)c1. The standard InChI is InChI=1S/C20H22N2O5/c1-25-15-6-4-5-14(10-15)21-20(24)13-9-19(23)22(12-13)17-8-7-16(26-2)11-18(17)27-3/h4-8,10-11,13H,9,12H2,1-3H3,(H,21,24)/t13-/m1/s1. The molecule has 0 radical (unpaired) electrons. The predicted octanol–water partition coefficient (Wildman–Crippen LogP) is 2.70. The highest BCUT2D eigenvalue weighted by atomic mass is 16.5. The molecule has 142 valence electrons. The Bertz CT molecular complexity index is 852. The molecule has 0 saturated carbocycles. The van der Waals surface area contributed by atoms with E-state index in [1.54, 1.807) is 61.6 Å². The molecule has 3 rings (SSSR count). The number of hydrogen-bond donors (Lipinski definition) is 1. The average Bonchev–Trinajstić information content (AvgIpc) is 3.09. The Morgan fingerprint density at radius 1 is 1.04 bits per heavy atom. The van der Waals surface area contributed by atoms with Gasteiger partial charge in [0.1, 0.15) is 17.2 Å². The van der Waals surface area contributed by atoms with E-state index in [9.17, 15) is 9.59 Å². The van der Waals surface area contributed by atoms with Crippen LogP contribution >= 0.6 is 0 Å². The maximum absolute atomic E-state index is 12.6. The highest BCUT2D eigenvalue weighted by molar-refractivity contribution is 6.04. The van der Waals surface area contributed by atoms with Gasteiger partial charge in [0.05, 0.1) is 32.9 Å². The number of nitrogens with zero attached hydrogens (tertiary/aromatic N) is 1. The Labute approximate surface area is 157 Å². The van der Waals surface area contributed by atoms with Crippen molar-refractivity contribution in [3.63, 3.8) is 0 Å². The van der Waals surface area contributed by atoms with Gasteiger partial charge in [0.2, 0.25) is 11.8 Å². The van der Waals surface area contributed by atoms with E-state index in [-0.39, 0.29) is 24.8 Å². The average molecular weight is 370 g/mol. The zero-order valence-electron chi connectivity index (χ0n) is 15.5. The summed E-state index contributed by atoms with van der Waals surface area (Å²) in [6.45, 7) is 0.289. The van der Waals surface area contributed by atoms with Gasteiger partial charge in [0.25, 0.3) is 0 Å². The molecule has 0 aliphatic carbocycles. The van der Waals surface area contributed by atoms with Crippen LogP contribution in [-0.4, -0.2) is 39.7 Å². The lowest BCUT2D eigenvalue weighted by molar-refractivity contribution is -0.122. The summed E-state index contributed by atoms with van der Waals surface area (Å²) in [5.41, 5.74) is 1.26. The molecule has 7 nitrogen and oxygen atoms in total. The van der Waals surface area contributed by atoms with Crippen LogP contribution in [0.2, 0.25) is 0 Å². The lowest BCUT2D eigenvalue weighted by Crippen LogP contribution is -2.28. The summed E-state index contributed by atoms with van der Waals surface area (Å²) in [4.78, 5) is 26.7. The number of ether oxygens (including phenoxy) is 3. The van der Waals surface area contributed by atoms with Crippen molar-refractivity contribution in [3.05, 3.63) is 42.5 Å². The van der Waals surface area contributed by atoms with Crippen molar-refractivity contribution in [2.45, 2.75) is 6.42 Å². The van der Waals surface area contributed by atoms with Crippen LogP contribution in [0.3, 0.4) is 0 Å². The van der Waals surface area contributed by atoms with Gasteiger partial charge in [-0.1, -0.05) is 6.07 Å². The number of carbonyl (C=O) groups excluding carboxylic acids is 2. The third kappa shape index (κ3) is 3.97. The second-order valence-electron chi connectivity index (χ2n) is 6.16. The van der Waals surface area contributed by atoms with Gasteiger partial charge in [-0.25, -0.2) is 0 Å². The Kier molecular flexibility index (Phi) is 5.49. The molecule has 1 fully saturated rings. The third-order valence-electron chi connectivity index (χ3n) is 4.51. The normalized spacial score (nSPS) is 16.2. The fourth-order valence-corrected chi connectivity index (χ4v) is 3.07. The van der Waals surface area contributed by atoms with Gasteiger partial charge in [-0.3, -0.25) is 9.59 Å². The molecule has 2 amide bonds. The van der Waals surface area contributed by atoms with E-state index >= 15 is 0 Å². The minimum absolute atomic E-state index is 0.121. The lowest BCUT2D eigenvalue weighted by Gasteiger charge is -2.20. The molecule has 2 aromatic carbocycles. The molecule has 2 aromatic rings. The summed E-state index contributed by atoms with van der Waals surface area (Å²) >= 11 is 0. The summed E-state index contributed by atoms with van der Waals surface area (Å²) in [5.74, 6) is 1.04. The molecular weight excluding hydrogens is 348 g/mol. The van der Waals surface area contributed by atoms with E-state index in [1.165, 1.54) is 7.11 Å². The molecule has 0 unspecified atom stereocenters. The topological polar surface area (TPSA) is 77.1 Å². The molecule has 1 saturated heterocycles. The first-order valence-corrected chi connectivity index (χ1v) is 8.53. The Balaban J connectivity index is 1.74. The molecule has 1 heterocycles. The molecule has 27 heavy (non-hydrogen) atoms. The second kappa shape index (κ2) is 7.99. The quantitative estimate of drug-likeness (QED) is 0.846. The molecule has 7 heteroatoms. The van der Waals surface area contributed by atoms with Crippen molar-refractivity contribution in [3.8, 4) is 17.2 Å². The maximum atomic E-state index is 12.6. The molecule has 1 atom stereocenters. The Hall–Kier alpha value is -3.22. The van der Waals surface area contributed by atoms with Crippen LogP contribution in [0.4, 0.5) is 11.4 Å². The molecule has 0 aromatic heterocycles. The Morgan fingerprint density at radius 2 is 1.78 bits per heavy atom. The second-order valence-corrected chi connectivity index (χ2v) is 6.16. The van der Waals surface area contributed by atoms with Crippen molar-refractivity contribution in [1.82, 2.24) is 0 Å². The van der Waals surface area contributed by atoms with Crippen LogP contribution < -0.4 is 24.4 Å². The first-order chi connectivity index (χ1) is 13.0. The molecule has 0 spiro atoms. The van der Waals surface area contributed by atoms with E-state index in [0.29, 0.717) is 28.6 Å². The summed E-state index contributed by atoms with van der Waals surface area (Å²) in [5, 5.41) is 2.85. The first kappa shape index (κ1) is 18.6. The molecule has 0 bridgehead atoms. The van der Waals surface area contributed by atoms with Crippen molar-refractivity contribution in [1.29, 1.82) is 0 Å². The zero-order chi connectivity index (χ0) is 19.4. The molecular formula is C20H22N2O5. The van der Waals surface area contributed by atoms with Gasteiger partial charge in [-0.05, 0) is 24.3 Å². The van der Waals surface area contributed by atoms with Crippen LogP contribution in [0.5, 0.6) is 17.2 Å². The van der Waals surface area contributed by atoms with Crippen LogP contribution in [0.15, 0.2) is 42.5 Å². The van der Waals surface area contributed by atoms with Crippen molar-refractivity contribution >= 4 is 23.2 Å². The van der Waals surface area contributed by atoms with Crippen molar-refractivity contribution in [2.75, 3.05) is 38.1 Å². The van der Waals surface area contributed by atoms with Crippen LogP contribution in [0.25, 0.3) is 0 Å². The minimum Gasteiger partial charge on any atom is -0.497 e. The monoisotopic (exact) mass is 370 g/mol. The van der Waals surface area contributed by atoms with E-state index in [1.807, 2.05) is 0 Å². The van der Waals surface area contributed by atoms with Crippen molar-refractivity contribution < 1.29 is 23.8 Å². The van der Waals surface area contributed by atoms with E-state index in [2.05, 4.69) is 5.32 Å². The number of methoxy groups -OCH3 is 3. The maximum Gasteiger partial charge on any atom is 0.229 e. The Morgan fingerprint density at radius 3 is 2.48 bits per heavy atom. The summed E-state index contributed by atoms with van der Waals surface area (Å²) in [6.07, 6.45) is 0.144. The third-order valence-corrected chi connectivity index (χ3v) is 4.51. The number of hydrogen-bond acceptors (Lipinski definition) is 5. The lowest BCUT2D eigenvalue weighted by atomic mass is 10.1. The largest absolute Gasteiger partial charge is 0.497 e.